The molecule has 7 heteroatoms. The topological polar surface area (TPSA) is 88.1 Å². The van der Waals surface area contributed by atoms with Crippen LogP contribution >= 0.6 is 0 Å². The highest BCUT2D eigenvalue weighted by atomic mass is 15.2. The smallest absolute Gasteiger partial charge is 0.155 e. The largest absolute Gasteiger partial charge is 0.353 e. The Balaban J connectivity index is 1.52. The highest BCUT2D eigenvalue weighted by molar-refractivity contribution is 6.00. The lowest BCUT2D eigenvalue weighted by Gasteiger charge is -2.01. The van der Waals surface area contributed by atoms with Crippen molar-refractivity contribution in [3.8, 4) is 33.8 Å². The number of aromatic amines is 2. The maximum Gasteiger partial charge on any atom is 0.155 e. The molecule has 0 fully saturated rings. The van der Waals surface area contributed by atoms with E-state index >= 15 is 0 Å². The van der Waals surface area contributed by atoms with Crippen LogP contribution in [0.2, 0.25) is 0 Å². The summed E-state index contributed by atoms with van der Waals surface area (Å²) in [6.07, 6.45) is 7.47. The van der Waals surface area contributed by atoms with E-state index in [0.29, 0.717) is 0 Å². The third-order valence-electron chi connectivity index (χ3n) is 5.31. The van der Waals surface area contributed by atoms with Gasteiger partial charge in [0.15, 0.2) is 5.65 Å². The summed E-state index contributed by atoms with van der Waals surface area (Å²) in [5.74, 6) is 0. The Morgan fingerprint density at radius 1 is 0.900 bits per heavy atom. The minimum absolute atomic E-state index is 0.751. The number of fused-ring (bicyclic) bond motifs is 2. The van der Waals surface area contributed by atoms with Crippen LogP contribution in [0.25, 0.3) is 55.7 Å². The van der Waals surface area contributed by atoms with Gasteiger partial charge >= 0.3 is 0 Å². The van der Waals surface area contributed by atoms with Crippen LogP contribution in [-0.4, -0.2) is 34.9 Å². The van der Waals surface area contributed by atoms with E-state index in [1.54, 1.807) is 4.68 Å². The first-order valence-corrected chi connectivity index (χ1v) is 9.63. The third-order valence-corrected chi connectivity index (χ3v) is 5.31. The Hall–Kier alpha value is -4.26. The number of hydrogen-bond acceptors (Lipinski definition) is 4. The Morgan fingerprint density at radius 3 is 2.70 bits per heavy atom. The number of aromatic nitrogens is 7. The van der Waals surface area contributed by atoms with Crippen LogP contribution in [0.1, 0.15) is 0 Å². The van der Waals surface area contributed by atoms with Gasteiger partial charge in [-0.25, -0.2) is 4.98 Å². The molecule has 2 N–H and O–H groups in total. The predicted octanol–water partition coefficient (Wildman–Crippen LogP) is 4.57. The molecule has 0 saturated heterocycles. The number of benzene rings is 1. The summed E-state index contributed by atoms with van der Waals surface area (Å²) in [6, 6.07) is 16.4. The fraction of sp³-hybridized carbons (Fsp3) is 0.0435. The van der Waals surface area contributed by atoms with Gasteiger partial charge < -0.3 is 4.98 Å². The van der Waals surface area contributed by atoms with Crippen LogP contribution in [0, 0.1) is 0 Å². The van der Waals surface area contributed by atoms with Gasteiger partial charge in [-0.2, -0.15) is 10.2 Å². The van der Waals surface area contributed by atoms with Gasteiger partial charge in [-0.1, -0.05) is 18.2 Å². The second kappa shape index (κ2) is 6.38. The molecule has 30 heavy (non-hydrogen) atoms. The molecule has 0 aliphatic heterocycles. The van der Waals surface area contributed by atoms with Crippen molar-refractivity contribution in [2.75, 3.05) is 0 Å². The minimum Gasteiger partial charge on any atom is -0.353 e. The second-order valence-corrected chi connectivity index (χ2v) is 7.26. The predicted molar refractivity (Wildman–Crippen MR) is 117 cm³/mol. The summed E-state index contributed by atoms with van der Waals surface area (Å²) < 4.78 is 1.78. The summed E-state index contributed by atoms with van der Waals surface area (Å²) >= 11 is 0. The quantitative estimate of drug-likeness (QED) is 0.463. The molecule has 0 unspecified atom stereocenters. The molecule has 0 saturated carbocycles. The van der Waals surface area contributed by atoms with E-state index in [0.717, 1.165) is 55.7 Å². The normalized spacial score (nSPS) is 11.5. The number of hydrogen-bond donors (Lipinski definition) is 2. The second-order valence-electron chi connectivity index (χ2n) is 7.26. The zero-order valence-corrected chi connectivity index (χ0v) is 16.2. The van der Waals surface area contributed by atoms with Crippen molar-refractivity contribution in [3.05, 3.63) is 73.3 Å². The van der Waals surface area contributed by atoms with E-state index < -0.39 is 0 Å². The van der Waals surface area contributed by atoms with Crippen molar-refractivity contribution in [1.82, 2.24) is 34.9 Å². The van der Waals surface area contributed by atoms with Gasteiger partial charge in [-0.15, -0.1) is 0 Å². The maximum atomic E-state index is 4.55. The fourth-order valence-electron chi connectivity index (χ4n) is 3.87. The average Bonchev–Trinajstić information content (AvgIpc) is 3.50. The van der Waals surface area contributed by atoms with Gasteiger partial charge in [-0.3, -0.25) is 14.8 Å². The third kappa shape index (κ3) is 2.60. The lowest BCUT2D eigenvalue weighted by Crippen LogP contribution is -1.84. The number of H-pyrrole nitrogens is 2. The van der Waals surface area contributed by atoms with Crippen molar-refractivity contribution in [3.63, 3.8) is 0 Å². The molecule has 6 aromatic rings. The highest BCUT2D eigenvalue weighted by Gasteiger charge is 2.15. The first-order chi connectivity index (χ1) is 14.8. The van der Waals surface area contributed by atoms with Crippen molar-refractivity contribution in [1.29, 1.82) is 0 Å². The fourth-order valence-corrected chi connectivity index (χ4v) is 3.87. The van der Waals surface area contributed by atoms with Crippen molar-refractivity contribution < 1.29 is 0 Å². The van der Waals surface area contributed by atoms with Gasteiger partial charge in [0.2, 0.25) is 0 Å². The Kier molecular flexibility index (Phi) is 3.55. The Morgan fingerprint density at radius 2 is 1.87 bits per heavy atom. The molecule has 1 aromatic carbocycles. The van der Waals surface area contributed by atoms with Crippen molar-refractivity contribution >= 4 is 21.9 Å². The molecule has 5 aromatic heterocycles. The van der Waals surface area contributed by atoms with Crippen LogP contribution in [0.15, 0.2) is 73.3 Å². The average molecular weight is 391 g/mol. The Labute approximate surface area is 171 Å². The molecule has 0 atom stereocenters. The summed E-state index contributed by atoms with van der Waals surface area (Å²) in [6.45, 7) is 0. The molecule has 0 spiro atoms. The van der Waals surface area contributed by atoms with Crippen LogP contribution in [-0.2, 0) is 7.05 Å². The highest BCUT2D eigenvalue weighted by Crippen LogP contribution is 2.34. The number of nitrogens with zero attached hydrogens (tertiary/aromatic N) is 5. The maximum absolute atomic E-state index is 4.55. The van der Waals surface area contributed by atoms with Gasteiger partial charge in [0.1, 0.15) is 5.69 Å². The molecule has 0 radical (unpaired) electrons. The first kappa shape index (κ1) is 16.7. The van der Waals surface area contributed by atoms with Gasteiger partial charge in [0.05, 0.1) is 17.6 Å². The number of nitrogens with one attached hydrogen (secondary N) is 2. The lowest BCUT2D eigenvalue weighted by atomic mass is 10.1. The Bertz CT molecular complexity index is 1510. The summed E-state index contributed by atoms with van der Waals surface area (Å²) in [7, 11) is 1.91. The summed E-state index contributed by atoms with van der Waals surface area (Å²) in [4.78, 5) is 12.6. The summed E-state index contributed by atoms with van der Waals surface area (Å²) in [5, 5.41) is 13.9. The molecular formula is C23H17N7. The number of pyridine rings is 2. The van der Waals surface area contributed by atoms with Crippen LogP contribution < -0.4 is 0 Å². The minimum atomic E-state index is 0.751. The molecule has 0 bridgehead atoms. The van der Waals surface area contributed by atoms with Gasteiger partial charge in [0.25, 0.3) is 0 Å². The molecule has 0 aliphatic carbocycles. The van der Waals surface area contributed by atoms with Crippen molar-refractivity contribution in [2.24, 2.45) is 7.05 Å². The monoisotopic (exact) mass is 391 g/mol. The lowest BCUT2D eigenvalue weighted by molar-refractivity contribution is 0.768. The standard InChI is InChI=1S/C23H17N7/c1-30-13-15(12-26-30)14-9-18-22(28-29-23(18)25-11-14)21-10-17-16(5-4-7-20(17)27-21)19-6-2-3-8-24-19/h2-13,27H,1H3,(H,25,28,29). The van der Waals surface area contributed by atoms with E-state index in [4.69, 9.17) is 0 Å². The van der Waals surface area contributed by atoms with Crippen LogP contribution in [0.4, 0.5) is 0 Å². The zero-order chi connectivity index (χ0) is 20.1. The van der Waals surface area contributed by atoms with E-state index in [9.17, 15) is 0 Å². The van der Waals surface area contributed by atoms with Crippen molar-refractivity contribution in [2.45, 2.75) is 0 Å². The van der Waals surface area contributed by atoms with Crippen LogP contribution in [0.5, 0.6) is 0 Å². The van der Waals surface area contributed by atoms with E-state index in [-0.39, 0.29) is 0 Å². The molecule has 7 nitrogen and oxygen atoms in total. The molecule has 6 rings (SSSR count). The molecule has 0 aliphatic rings. The van der Waals surface area contributed by atoms with E-state index in [1.807, 2.05) is 56.1 Å². The summed E-state index contributed by atoms with van der Waals surface area (Å²) in [5.41, 5.74) is 7.63. The number of aryl methyl sites for hydroxylation is 1. The molecule has 144 valence electrons. The van der Waals surface area contributed by atoms with Crippen LogP contribution in [0.3, 0.4) is 0 Å². The SMILES string of the molecule is Cn1cc(-c2cnc3[nH]nc(-c4cc5c(-c6ccccn6)cccc5[nH]4)c3c2)cn1. The zero-order valence-electron chi connectivity index (χ0n) is 16.2. The molecule has 5 heterocycles. The van der Waals surface area contributed by atoms with Gasteiger partial charge in [-0.05, 0) is 30.3 Å². The van der Waals surface area contributed by atoms with Gasteiger partial charge in [0, 0.05) is 58.6 Å². The first-order valence-electron chi connectivity index (χ1n) is 9.63. The number of rotatable bonds is 3. The molecular weight excluding hydrogens is 374 g/mol. The molecule has 0 amide bonds. The van der Waals surface area contributed by atoms with E-state index in [1.165, 1.54) is 0 Å². The van der Waals surface area contributed by atoms with E-state index in [2.05, 4.69) is 54.5 Å².